The summed E-state index contributed by atoms with van der Waals surface area (Å²) in [5.41, 5.74) is 4.34. The molecular weight excluding hydrogens is 458 g/mol. The van der Waals surface area contributed by atoms with Gasteiger partial charge in [-0.1, -0.05) is 0 Å². The summed E-state index contributed by atoms with van der Waals surface area (Å²) < 4.78 is 18.0. The lowest BCUT2D eigenvalue weighted by Crippen LogP contribution is -2.22. The van der Waals surface area contributed by atoms with Gasteiger partial charge in [0.25, 0.3) is 5.69 Å². The number of pyridine rings is 2. The molecule has 0 radical (unpaired) electrons. The fraction of sp³-hybridized carbons (Fsp3) is 0.296. The van der Waals surface area contributed by atoms with Gasteiger partial charge in [-0.25, -0.2) is 4.58 Å². The van der Waals surface area contributed by atoms with Crippen LogP contribution in [-0.2, 0) is 14.1 Å². The molecule has 0 spiro atoms. The molecular formula is C27H30N5O4+. The van der Waals surface area contributed by atoms with Gasteiger partial charge in [0.05, 0.1) is 47.3 Å². The molecule has 0 amide bonds. The predicted octanol–water partition coefficient (Wildman–Crippen LogP) is 4.00. The van der Waals surface area contributed by atoms with Crippen LogP contribution in [-0.4, -0.2) is 56.5 Å². The summed E-state index contributed by atoms with van der Waals surface area (Å²) in [6, 6.07) is 11.5. The van der Waals surface area contributed by atoms with Crippen molar-refractivity contribution in [2.24, 2.45) is 14.1 Å². The standard InChI is InChI=1S/C27H30N5O4/c1-28(2)15-9-20-25(22(13-15)35-7)27-24-18(30(20)5)11-17(32(33)34)12-19(24)31(6)21-10-16(29(3)4)14-23(36-8)26(21)27/h9-14H,1-8H3/q+1. The van der Waals surface area contributed by atoms with Gasteiger partial charge in [-0.15, -0.1) is 0 Å². The lowest BCUT2D eigenvalue weighted by Gasteiger charge is -2.23. The second-order valence-corrected chi connectivity index (χ2v) is 9.48. The Balaban J connectivity index is 2.25. The van der Waals surface area contributed by atoms with Gasteiger partial charge in [-0.05, 0) is 6.07 Å². The van der Waals surface area contributed by atoms with Gasteiger partial charge in [-0.2, -0.15) is 0 Å². The number of rotatable bonds is 4. The topological polar surface area (TPSA) is 77.7 Å². The van der Waals surface area contributed by atoms with Gasteiger partial charge < -0.3 is 23.5 Å². The zero-order valence-corrected chi connectivity index (χ0v) is 21.8. The van der Waals surface area contributed by atoms with Gasteiger partial charge >= 0.3 is 0 Å². The molecule has 3 aromatic carbocycles. The smallest absolute Gasteiger partial charge is 0.273 e. The van der Waals surface area contributed by atoms with E-state index in [1.54, 1.807) is 26.4 Å². The number of ether oxygens (including phenoxy) is 2. The normalized spacial score (nSPS) is 11.6. The number of hydrogen-bond donors (Lipinski definition) is 0. The van der Waals surface area contributed by atoms with Crippen molar-refractivity contribution >= 4 is 55.0 Å². The van der Waals surface area contributed by atoms with E-state index in [1.807, 2.05) is 73.0 Å². The molecule has 0 saturated carbocycles. The van der Waals surface area contributed by atoms with Crippen LogP contribution in [0.2, 0.25) is 0 Å². The molecule has 5 rings (SSSR count). The number of fused-ring (bicyclic) bond motifs is 4. The zero-order chi connectivity index (χ0) is 26.0. The maximum absolute atomic E-state index is 12.0. The van der Waals surface area contributed by atoms with Crippen molar-refractivity contribution in [2.45, 2.75) is 0 Å². The molecule has 9 heteroatoms. The molecule has 9 nitrogen and oxygen atoms in total. The molecule has 0 aliphatic rings. The zero-order valence-electron chi connectivity index (χ0n) is 21.8. The third-order valence-corrected chi connectivity index (χ3v) is 7.09. The summed E-state index contributed by atoms with van der Waals surface area (Å²) in [7, 11) is 15.1. The number of anilines is 1. The highest BCUT2D eigenvalue weighted by molar-refractivity contribution is 6.30. The van der Waals surface area contributed by atoms with Gasteiger partial charge in [0.2, 0.25) is 5.36 Å². The van der Waals surface area contributed by atoms with Gasteiger partial charge in [0.15, 0.2) is 0 Å². The third-order valence-electron chi connectivity index (χ3n) is 7.09. The summed E-state index contributed by atoms with van der Waals surface area (Å²) in [6.45, 7) is 0. The van der Waals surface area contributed by atoms with Crippen molar-refractivity contribution < 1.29 is 14.4 Å². The number of non-ortho nitro benzene ring substituents is 1. The summed E-state index contributed by atoms with van der Waals surface area (Å²) in [5, 5.41) is 16.6. The van der Waals surface area contributed by atoms with Crippen molar-refractivity contribution in [3.05, 3.63) is 51.9 Å². The van der Waals surface area contributed by atoms with Crippen LogP contribution < -0.4 is 24.3 Å². The van der Waals surface area contributed by atoms with E-state index in [0.29, 0.717) is 0 Å². The quantitative estimate of drug-likeness (QED) is 0.126. The molecule has 2 aromatic heterocycles. The van der Waals surface area contributed by atoms with E-state index in [0.717, 1.165) is 66.2 Å². The van der Waals surface area contributed by atoms with E-state index in [4.69, 9.17) is 9.47 Å². The summed E-state index contributed by atoms with van der Waals surface area (Å²) in [4.78, 5) is 13.6. The van der Waals surface area contributed by atoms with Gasteiger partial charge in [-0.3, -0.25) is 10.1 Å². The van der Waals surface area contributed by atoms with Crippen molar-refractivity contribution in [1.82, 2.24) is 13.7 Å². The molecule has 0 atom stereocenters. The first kappa shape index (κ1) is 23.5. The fourth-order valence-electron chi connectivity index (χ4n) is 5.17. The average molecular weight is 489 g/mol. The molecule has 2 heterocycles. The van der Waals surface area contributed by atoms with Crippen LogP contribution in [0.15, 0.2) is 36.4 Å². The van der Waals surface area contributed by atoms with E-state index in [-0.39, 0.29) is 10.6 Å². The second-order valence-electron chi connectivity index (χ2n) is 9.48. The predicted molar refractivity (Wildman–Crippen MR) is 146 cm³/mol. The highest BCUT2D eigenvalue weighted by atomic mass is 16.6. The molecule has 0 N–H and O–H groups in total. The Hall–Kier alpha value is -4.27. The Kier molecular flexibility index (Phi) is 5.31. The highest BCUT2D eigenvalue weighted by Crippen LogP contribution is 2.46. The van der Waals surface area contributed by atoms with E-state index in [9.17, 15) is 10.1 Å². The molecule has 5 aromatic rings. The lowest BCUT2D eigenvalue weighted by molar-refractivity contribution is -0.384. The fourth-order valence-corrected chi connectivity index (χ4v) is 5.17. The van der Waals surface area contributed by atoms with Crippen LogP contribution in [0, 0.1) is 10.1 Å². The van der Waals surface area contributed by atoms with E-state index < -0.39 is 0 Å². The van der Waals surface area contributed by atoms with Crippen molar-refractivity contribution in [2.75, 3.05) is 47.3 Å². The minimum atomic E-state index is -0.336. The first-order chi connectivity index (χ1) is 17.1. The van der Waals surface area contributed by atoms with E-state index in [2.05, 4.69) is 12.1 Å². The number of hydrogen-bond acceptors (Lipinski definition) is 5. The molecule has 0 unspecified atom stereocenters. The molecule has 36 heavy (non-hydrogen) atoms. The number of nitro benzene ring substituents is 1. The number of methoxy groups -OCH3 is 2. The van der Waals surface area contributed by atoms with Crippen molar-refractivity contribution in [3.63, 3.8) is 0 Å². The summed E-state index contributed by atoms with van der Waals surface area (Å²) >= 11 is 0. The first-order valence-corrected chi connectivity index (χ1v) is 11.6. The molecule has 0 bridgehead atoms. The maximum atomic E-state index is 12.0. The SMILES string of the molecule is COc1cc(N(C)C)cc2c1c1c3c(OC)cc(=[N+](C)C)cc3n(C)c3cc([N+](=O)[O-])cc(c13)n2C. The molecule has 0 aliphatic heterocycles. The third kappa shape index (κ3) is 3.19. The van der Waals surface area contributed by atoms with Crippen LogP contribution in [0.3, 0.4) is 0 Å². The molecule has 186 valence electrons. The number of nitrogens with zero attached hydrogens (tertiary/aromatic N) is 5. The highest BCUT2D eigenvalue weighted by Gasteiger charge is 2.24. The summed E-state index contributed by atoms with van der Waals surface area (Å²) in [5.74, 6) is 1.45. The number of benzene rings is 3. The van der Waals surface area contributed by atoms with Crippen LogP contribution >= 0.6 is 0 Å². The second kappa shape index (κ2) is 8.15. The van der Waals surface area contributed by atoms with Crippen LogP contribution in [0.25, 0.3) is 43.6 Å². The average Bonchev–Trinajstić information content (AvgIpc) is 2.86. The maximum Gasteiger partial charge on any atom is 0.273 e. The van der Waals surface area contributed by atoms with E-state index in [1.165, 1.54) is 0 Å². The number of nitro groups is 1. The molecule has 0 saturated heterocycles. The Morgan fingerprint density at radius 2 is 1.25 bits per heavy atom. The number of aromatic nitrogens is 2. The molecule has 0 aliphatic carbocycles. The minimum absolute atomic E-state index is 0.0418. The van der Waals surface area contributed by atoms with Crippen molar-refractivity contribution in [1.29, 1.82) is 0 Å². The van der Waals surface area contributed by atoms with Gasteiger partial charge in [0.1, 0.15) is 25.6 Å². The Labute approximate surface area is 208 Å². The Bertz CT molecular complexity index is 1810. The lowest BCUT2D eigenvalue weighted by atomic mass is 9.96. The Morgan fingerprint density at radius 3 is 1.72 bits per heavy atom. The van der Waals surface area contributed by atoms with E-state index >= 15 is 0 Å². The number of aryl methyl sites for hydroxylation is 2. The Morgan fingerprint density at radius 1 is 0.750 bits per heavy atom. The molecule has 0 fully saturated rings. The summed E-state index contributed by atoms with van der Waals surface area (Å²) in [6.07, 6.45) is 0. The van der Waals surface area contributed by atoms with Crippen molar-refractivity contribution in [3.8, 4) is 11.5 Å². The van der Waals surface area contributed by atoms with Crippen LogP contribution in [0.4, 0.5) is 11.4 Å². The van der Waals surface area contributed by atoms with Gasteiger partial charge in [0, 0.05) is 79.7 Å². The minimum Gasteiger partial charge on any atom is -0.496 e. The van der Waals surface area contributed by atoms with Crippen LogP contribution in [0.5, 0.6) is 11.5 Å². The largest absolute Gasteiger partial charge is 0.496 e. The first-order valence-electron chi connectivity index (χ1n) is 11.6. The monoisotopic (exact) mass is 488 g/mol. The van der Waals surface area contributed by atoms with Crippen LogP contribution in [0.1, 0.15) is 0 Å².